The molecule has 0 unspecified atom stereocenters. The van der Waals surface area contributed by atoms with Gasteiger partial charge in [-0.2, -0.15) is 0 Å². The van der Waals surface area contributed by atoms with Crippen LogP contribution in [0.1, 0.15) is 36.8 Å². The highest BCUT2D eigenvalue weighted by molar-refractivity contribution is 7.99. The second-order valence-electron chi connectivity index (χ2n) is 6.21. The van der Waals surface area contributed by atoms with E-state index in [1.54, 1.807) is 12.4 Å². The van der Waals surface area contributed by atoms with Gasteiger partial charge in [-0.1, -0.05) is 30.8 Å². The summed E-state index contributed by atoms with van der Waals surface area (Å²) in [5.74, 6) is -0.755. The summed E-state index contributed by atoms with van der Waals surface area (Å²) >= 11 is 1.22. The van der Waals surface area contributed by atoms with Crippen LogP contribution in [0.5, 0.6) is 0 Å². The van der Waals surface area contributed by atoms with E-state index in [2.05, 4.69) is 15.1 Å². The fourth-order valence-electron chi connectivity index (χ4n) is 2.63. The zero-order chi connectivity index (χ0) is 19.4. The number of nitrogens with zero attached hydrogens (tertiary/aromatic N) is 4. The van der Waals surface area contributed by atoms with Crippen LogP contribution < -0.4 is 0 Å². The third-order valence-corrected chi connectivity index (χ3v) is 4.93. The summed E-state index contributed by atoms with van der Waals surface area (Å²) in [5.41, 5.74) is 1.73. The molecule has 0 saturated carbocycles. The first kappa shape index (κ1) is 19.0. The second-order valence-corrected chi connectivity index (χ2v) is 7.27. The predicted molar refractivity (Wildman–Crippen MR) is 99.5 cm³/mol. The van der Waals surface area contributed by atoms with Gasteiger partial charge >= 0.3 is 0 Å². The molecule has 0 saturated heterocycles. The minimum atomic E-state index is -0.638. The summed E-state index contributed by atoms with van der Waals surface area (Å²) < 4.78 is 29.1. The Balaban J connectivity index is 2.10. The lowest BCUT2D eigenvalue weighted by molar-refractivity contribution is 0.321. The van der Waals surface area contributed by atoms with Crippen molar-refractivity contribution in [2.75, 3.05) is 0 Å². The van der Waals surface area contributed by atoms with Gasteiger partial charge in [0.25, 0.3) is 0 Å². The molecule has 0 aliphatic carbocycles. The molecule has 0 bridgehead atoms. The molecule has 0 aliphatic heterocycles. The van der Waals surface area contributed by atoms with Gasteiger partial charge in [0.1, 0.15) is 22.9 Å². The van der Waals surface area contributed by atoms with Crippen LogP contribution in [-0.2, 0) is 6.54 Å². The molecule has 0 aliphatic rings. The third kappa shape index (κ3) is 4.51. The molecule has 1 N–H and O–H groups in total. The Labute approximate surface area is 159 Å². The predicted octanol–water partition coefficient (Wildman–Crippen LogP) is 4.69. The van der Waals surface area contributed by atoms with Gasteiger partial charge in [-0.3, -0.25) is 4.98 Å². The Kier molecular flexibility index (Phi) is 5.85. The van der Waals surface area contributed by atoms with Gasteiger partial charge in [0.2, 0.25) is 0 Å². The molecule has 5 nitrogen and oxygen atoms in total. The van der Waals surface area contributed by atoms with Crippen LogP contribution in [-0.4, -0.2) is 26.0 Å². The average Bonchev–Trinajstić information content (AvgIpc) is 2.93. The first-order valence-electron chi connectivity index (χ1n) is 8.28. The maximum Gasteiger partial charge on any atom is 0.156 e. The van der Waals surface area contributed by atoms with Crippen molar-refractivity contribution in [2.24, 2.45) is 5.16 Å². The molecule has 3 rings (SSSR count). The SMILES string of the molecule is CC(C)c1nc(/C=N/O)n(Cc2ccncc2)c1Sc1cc(F)cc(F)c1. The van der Waals surface area contributed by atoms with Crippen molar-refractivity contribution in [3.63, 3.8) is 0 Å². The van der Waals surface area contributed by atoms with E-state index in [0.717, 1.165) is 22.3 Å². The van der Waals surface area contributed by atoms with Gasteiger partial charge < -0.3 is 9.77 Å². The first-order chi connectivity index (χ1) is 13.0. The zero-order valence-corrected chi connectivity index (χ0v) is 15.6. The standard InChI is InChI=1S/C19H18F2N4OS/c1-12(2)18-19(27-16-8-14(20)7-15(21)9-16)25(17(24-18)10-23-26)11-13-3-5-22-6-4-13/h3-10,12,26H,11H2,1-2H3/b23-10+. The van der Waals surface area contributed by atoms with Crippen molar-refractivity contribution in [2.45, 2.75) is 36.2 Å². The van der Waals surface area contributed by atoms with Crippen molar-refractivity contribution in [1.82, 2.24) is 14.5 Å². The van der Waals surface area contributed by atoms with E-state index in [1.807, 2.05) is 30.5 Å². The topological polar surface area (TPSA) is 63.3 Å². The molecule has 0 atom stereocenters. The van der Waals surface area contributed by atoms with Crippen LogP contribution >= 0.6 is 11.8 Å². The molecule has 3 aromatic rings. The molecule has 140 valence electrons. The summed E-state index contributed by atoms with van der Waals surface area (Å²) in [4.78, 5) is 9.00. The largest absolute Gasteiger partial charge is 0.411 e. The number of hydrogen-bond donors (Lipinski definition) is 1. The van der Waals surface area contributed by atoms with E-state index >= 15 is 0 Å². The molecule has 0 amide bonds. The van der Waals surface area contributed by atoms with Crippen LogP contribution in [0.25, 0.3) is 0 Å². The van der Waals surface area contributed by atoms with E-state index in [4.69, 9.17) is 5.21 Å². The van der Waals surface area contributed by atoms with Crippen LogP contribution in [0.3, 0.4) is 0 Å². The van der Waals surface area contributed by atoms with E-state index in [9.17, 15) is 8.78 Å². The molecular weight excluding hydrogens is 370 g/mol. The highest BCUT2D eigenvalue weighted by atomic mass is 32.2. The quantitative estimate of drug-likeness (QED) is 0.378. The highest BCUT2D eigenvalue weighted by Gasteiger charge is 2.20. The minimum absolute atomic E-state index is 0.0652. The van der Waals surface area contributed by atoms with Gasteiger partial charge in [0, 0.05) is 23.4 Å². The van der Waals surface area contributed by atoms with Crippen LogP contribution in [0, 0.1) is 11.6 Å². The van der Waals surface area contributed by atoms with Crippen molar-refractivity contribution in [3.05, 3.63) is 71.4 Å². The number of benzene rings is 1. The number of halogens is 2. The fraction of sp³-hybridized carbons (Fsp3) is 0.211. The molecule has 27 heavy (non-hydrogen) atoms. The van der Waals surface area contributed by atoms with Crippen LogP contribution in [0.15, 0.2) is 57.8 Å². The maximum atomic E-state index is 13.6. The fourth-order valence-corrected chi connectivity index (χ4v) is 3.85. The number of hydrogen-bond acceptors (Lipinski definition) is 5. The van der Waals surface area contributed by atoms with E-state index in [1.165, 1.54) is 30.1 Å². The van der Waals surface area contributed by atoms with Gasteiger partial charge in [-0.15, -0.1) is 0 Å². The van der Waals surface area contributed by atoms with Gasteiger partial charge in [0.05, 0.1) is 12.2 Å². The second kappa shape index (κ2) is 8.30. The van der Waals surface area contributed by atoms with Gasteiger partial charge in [0.15, 0.2) is 5.82 Å². The molecule has 2 heterocycles. The molecule has 0 spiro atoms. The monoisotopic (exact) mass is 388 g/mol. The van der Waals surface area contributed by atoms with Crippen molar-refractivity contribution in [1.29, 1.82) is 0 Å². The summed E-state index contributed by atoms with van der Waals surface area (Å²) in [6, 6.07) is 7.13. The van der Waals surface area contributed by atoms with Crippen molar-refractivity contribution < 1.29 is 14.0 Å². The van der Waals surface area contributed by atoms with Crippen LogP contribution in [0.2, 0.25) is 0 Å². The molecule has 0 radical (unpaired) electrons. The van der Waals surface area contributed by atoms with E-state index < -0.39 is 11.6 Å². The lowest BCUT2D eigenvalue weighted by Crippen LogP contribution is -2.06. The lowest BCUT2D eigenvalue weighted by Gasteiger charge is -2.12. The molecule has 8 heteroatoms. The Morgan fingerprint density at radius 3 is 2.44 bits per heavy atom. The lowest BCUT2D eigenvalue weighted by atomic mass is 10.1. The van der Waals surface area contributed by atoms with E-state index in [0.29, 0.717) is 17.3 Å². The first-order valence-corrected chi connectivity index (χ1v) is 9.10. The Morgan fingerprint density at radius 2 is 1.85 bits per heavy atom. The summed E-state index contributed by atoms with van der Waals surface area (Å²) in [6.45, 7) is 4.41. The number of aromatic nitrogens is 3. The number of rotatable bonds is 6. The Hall–Kier alpha value is -2.74. The number of pyridine rings is 1. The Morgan fingerprint density at radius 1 is 1.19 bits per heavy atom. The van der Waals surface area contributed by atoms with Crippen LogP contribution in [0.4, 0.5) is 8.78 Å². The summed E-state index contributed by atoms with van der Waals surface area (Å²) in [5, 5.41) is 12.9. The molecule has 1 aromatic carbocycles. The molecule has 0 fully saturated rings. The summed E-state index contributed by atoms with van der Waals surface area (Å²) in [6.07, 6.45) is 4.62. The smallest absolute Gasteiger partial charge is 0.156 e. The number of oxime groups is 1. The van der Waals surface area contributed by atoms with Crippen molar-refractivity contribution in [3.8, 4) is 0 Å². The van der Waals surface area contributed by atoms with Crippen molar-refractivity contribution >= 4 is 18.0 Å². The molecule has 2 aromatic heterocycles. The average molecular weight is 388 g/mol. The maximum absolute atomic E-state index is 13.6. The molecular formula is C19H18F2N4OS. The highest BCUT2D eigenvalue weighted by Crippen LogP contribution is 2.35. The minimum Gasteiger partial charge on any atom is -0.411 e. The normalized spacial score (nSPS) is 11.6. The third-order valence-electron chi connectivity index (χ3n) is 3.84. The van der Waals surface area contributed by atoms with Gasteiger partial charge in [-0.25, -0.2) is 13.8 Å². The number of imidazole rings is 1. The van der Waals surface area contributed by atoms with E-state index in [-0.39, 0.29) is 5.92 Å². The van der Waals surface area contributed by atoms with Gasteiger partial charge in [-0.05, 0) is 35.7 Å². The zero-order valence-electron chi connectivity index (χ0n) is 14.8. The Bertz CT molecular complexity index is 938. The summed E-state index contributed by atoms with van der Waals surface area (Å²) in [7, 11) is 0.